The zero-order valence-electron chi connectivity index (χ0n) is 37.5. The Morgan fingerprint density at radius 2 is 1.24 bits per heavy atom. The first-order valence-electron chi connectivity index (χ1n) is 18.2. The Hall–Kier alpha value is -7.69. The van der Waals surface area contributed by atoms with Crippen molar-refractivity contribution in [3.05, 3.63) is 113 Å². The molecule has 3 aromatic carbocycles. The first kappa shape index (κ1) is 58.3. The third-order valence-electron chi connectivity index (χ3n) is 7.72. The molecule has 27 heteroatoms. The second-order valence-corrected chi connectivity index (χ2v) is 14.3. The van der Waals surface area contributed by atoms with Gasteiger partial charge < -0.3 is 29.2 Å². The third kappa shape index (κ3) is 17.1. The number of hydrogen-bond acceptors (Lipinski definition) is 19. The van der Waals surface area contributed by atoms with Crippen LogP contribution in [0.15, 0.2) is 72.1 Å². The number of rotatable bonds is 12. The van der Waals surface area contributed by atoms with Gasteiger partial charge in [0.2, 0.25) is 17.2 Å². The molecule has 5 rings (SSSR count). The van der Waals surface area contributed by atoms with E-state index in [2.05, 4.69) is 46.4 Å². The smallest absolute Gasteiger partial charge is 0.870 e. The monoisotopic (exact) mass is 928 g/mol. The predicted molar refractivity (Wildman–Crippen MR) is 228 cm³/mol. The Morgan fingerprint density at radius 3 is 1.65 bits per heavy atom. The maximum Gasteiger partial charge on any atom is 1.00 e. The number of azide groups is 1. The molecule has 2 N–H and O–H groups in total. The standard InChI is InChI=1S/C15H18N4O5.C9H8N4O3.C9H7NO3.C6H11N3O2.Na.H2O/c1-15(2,3)14(20)24-9-18-8-11(16-17-18)10-6-5-7-12(19(21)22)13(10)23-4;1-16-9-6(7-5-10-12-11-7)3-2-4-8(9)13(14)15;1-3-7-5-4-6-8(10(11)12)9(7)13-2;1-6(2,3)5(10)11-4-8-9-7;;/h5-8H,9H2,1-4H3;2-5H,1H3,(H,10,11,12);1,4-6H,2H3;4H2,1-3H3;;1H2/q;;;;+1;/p-1. The molecule has 0 aliphatic carbocycles. The van der Waals surface area contributed by atoms with Crippen molar-refractivity contribution >= 4 is 29.0 Å². The van der Waals surface area contributed by atoms with E-state index in [0.29, 0.717) is 28.1 Å². The van der Waals surface area contributed by atoms with Crippen molar-refractivity contribution in [1.29, 1.82) is 0 Å². The number of esters is 2. The quantitative estimate of drug-likeness (QED) is 0.0269. The molecule has 0 atom stereocenters. The van der Waals surface area contributed by atoms with Crippen LogP contribution in [-0.4, -0.2) is 90.6 Å². The van der Waals surface area contributed by atoms with Crippen LogP contribution in [0.25, 0.3) is 33.0 Å². The predicted octanol–water partition coefficient (Wildman–Crippen LogP) is 4.05. The van der Waals surface area contributed by atoms with Gasteiger partial charge in [-0.1, -0.05) is 34.4 Å². The Labute approximate surface area is 398 Å². The van der Waals surface area contributed by atoms with Crippen molar-refractivity contribution in [3.8, 4) is 52.1 Å². The summed E-state index contributed by atoms with van der Waals surface area (Å²) in [6.07, 6.45) is 8.14. The number of carbonyl (C=O) groups excluding carboxylic acids is 2. The molecule has 0 spiro atoms. The number of benzene rings is 3. The van der Waals surface area contributed by atoms with E-state index in [0.717, 1.165) is 0 Å². The molecule has 5 aromatic rings. The van der Waals surface area contributed by atoms with E-state index in [1.165, 1.54) is 68.7 Å². The average molecular weight is 929 g/mol. The molecule has 0 bridgehead atoms. The fraction of sp³-hybridized carbons (Fsp3) is 0.333. The van der Waals surface area contributed by atoms with Gasteiger partial charge in [-0.15, -0.1) is 11.5 Å². The maximum absolute atomic E-state index is 11.8. The normalized spacial score (nSPS) is 9.94. The van der Waals surface area contributed by atoms with Crippen molar-refractivity contribution in [2.75, 3.05) is 28.1 Å². The second kappa shape index (κ2) is 27.5. The summed E-state index contributed by atoms with van der Waals surface area (Å²) in [4.78, 5) is 55.9. The van der Waals surface area contributed by atoms with E-state index in [4.69, 9.17) is 30.9 Å². The molecule has 0 amide bonds. The Kier molecular flexibility index (Phi) is 24.3. The number of aromatic amines is 1. The molecule has 66 heavy (non-hydrogen) atoms. The van der Waals surface area contributed by atoms with Gasteiger partial charge in [0.05, 0.1) is 76.0 Å². The second-order valence-electron chi connectivity index (χ2n) is 14.3. The van der Waals surface area contributed by atoms with Crippen LogP contribution in [0.4, 0.5) is 17.1 Å². The summed E-state index contributed by atoms with van der Waals surface area (Å²) in [6, 6.07) is 13.6. The maximum atomic E-state index is 11.8. The molecule has 0 aliphatic heterocycles. The van der Waals surface area contributed by atoms with Gasteiger partial charge in [-0.05, 0) is 65.3 Å². The molecule has 0 saturated carbocycles. The first-order chi connectivity index (χ1) is 30.2. The molecule has 2 heterocycles. The summed E-state index contributed by atoms with van der Waals surface area (Å²) in [6.45, 7) is 10.1. The summed E-state index contributed by atoms with van der Waals surface area (Å²) in [7, 11) is 4.08. The number of para-hydroxylation sites is 3. The SMILES string of the molecule is C#Cc1cccc([N+](=O)[O-])c1OC.CC(C)(C)C(=O)OCN=[N+]=[N-].COc1c(-c2cn(COC(=O)C(C)(C)C)nn2)cccc1[N+](=O)[O-].COc1c(-c2cn[nH]n2)cccc1[N+](=O)[O-].[Na+].[OH-]. The number of nitro groups is 3. The van der Waals surface area contributed by atoms with Gasteiger partial charge in [-0.2, -0.15) is 15.4 Å². The molecule has 2 aromatic heterocycles. The Morgan fingerprint density at radius 1 is 0.788 bits per heavy atom. The minimum atomic E-state index is -0.618. The Balaban J connectivity index is 0.000000886. The molecular weight excluding hydrogens is 883 g/mol. The van der Waals surface area contributed by atoms with Gasteiger partial charge in [-0.3, -0.25) is 39.9 Å². The summed E-state index contributed by atoms with van der Waals surface area (Å²) >= 11 is 0. The van der Waals surface area contributed by atoms with E-state index in [9.17, 15) is 39.9 Å². The molecular formula is C39H45N12NaO14. The molecule has 0 fully saturated rings. The van der Waals surface area contributed by atoms with Crippen LogP contribution in [0.5, 0.6) is 17.2 Å². The van der Waals surface area contributed by atoms with Gasteiger partial charge >= 0.3 is 58.6 Å². The van der Waals surface area contributed by atoms with Crippen LogP contribution in [-0.2, 0) is 25.8 Å². The van der Waals surface area contributed by atoms with E-state index >= 15 is 0 Å². The van der Waals surface area contributed by atoms with Crippen LogP contribution in [0.1, 0.15) is 47.1 Å². The van der Waals surface area contributed by atoms with Gasteiger partial charge in [0.25, 0.3) is 0 Å². The molecule has 0 radical (unpaired) electrons. The third-order valence-corrected chi connectivity index (χ3v) is 7.72. The zero-order chi connectivity index (χ0) is 48.2. The number of nitro benzene ring substituents is 3. The van der Waals surface area contributed by atoms with Crippen molar-refractivity contribution in [2.24, 2.45) is 15.9 Å². The molecule has 0 aliphatic rings. The number of aromatic nitrogens is 6. The summed E-state index contributed by atoms with van der Waals surface area (Å²) in [5.41, 5.74) is 8.55. The summed E-state index contributed by atoms with van der Waals surface area (Å²) < 4.78 is 26.1. The summed E-state index contributed by atoms with van der Waals surface area (Å²) in [5.74, 6) is 1.99. The van der Waals surface area contributed by atoms with Gasteiger partial charge in [0.1, 0.15) is 11.4 Å². The number of hydrogen-bond donors (Lipinski definition) is 1. The average Bonchev–Trinajstić information content (AvgIpc) is 3.98. The van der Waals surface area contributed by atoms with Crippen molar-refractivity contribution in [1.82, 2.24) is 30.4 Å². The molecule has 0 saturated heterocycles. The van der Waals surface area contributed by atoms with E-state index in [1.807, 2.05) is 0 Å². The van der Waals surface area contributed by atoms with Crippen LogP contribution < -0.4 is 43.8 Å². The minimum Gasteiger partial charge on any atom is -0.870 e. The Bertz CT molecular complexity index is 2510. The first-order valence-corrected chi connectivity index (χ1v) is 18.2. The number of terminal acetylenes is 1. The molecule has 346 valence electrons. The van der Waals surface area contributed by atoms with Crippen LogP contribution >= 0.6 is 0 Å². The number of H-pyrrole nitrogens is 1. The summed E-state index contributed by atoms with van der Waals surface area (Å²) in [5, 5.41) is 53.2. The molecule has 0 unspecified atom stereocenters. The van der Waals surface area contributed by atoms with Crippen molar-refractivity contribution in [2.45, 2.75) is 48.3 Å². The topological polar surface area (TPSA) is 361 Å². The van der Waals surface area contributed by atoms with Crippen LogP contribution in [0.3, 0.4) is 0 Å². The fourth-order valence-electron chi connectivity index (χ4n) is 4.65. The number of nitrogens with one attached hydrogen (secondary N) is 1. The van der Waals surface area contributed by atoms with Crippen LogP contribution in [0, 0.1) is 53.5 Å². The number of ether oxygens (including phenoxy) is 5. The number of carbonyl (C=O) groups is 2. The zero-order valence-corrected chi connectivity index (χ0v) is 39.5. The van der Waals surface area contributed by atoms with E-state index < -0.39 is 25.6 Å². The number of nitrogens with zero attached hydrogens (tertiary/aromatic N) is 11. The fourth-order valence-corrected chi connectivity index (χ4v) is 4.65. The number of methoxy groups -OCH3 is 3. The largest absolute Gasteiger partial charge is 1.00 e. The van der Waals surface area contributed by atoms with Gasteiger partial charge in [0.15, 0.2) is 13.5 Å². The van der Waals surface area contributed by atoms with E-state index in [1.54, 1.807) is 65.8 Å². The van der Waals surface area contributed by atoms with Gasteiger partial charge in [-0.25, -0.2) is 4.68 Å². The van der Waals surface area contributed by atoms with E-state index in [-0.39, 0.29) is 94.7 Å². The van der Waals surface area contributed by atoms with Crippen molar-refractivity contribution < 1.29 is 83.1 Å². The molecule has 26 nitrogen and oxygen atoms in total. The minimum absolute atomic E-state index is 0. The van der Waals surface area contributed by atoms with Gasteiger partial charge in [0, 0.05) is 23.1 Å². The van der Waals surface area contributed by atoms with Crippen molar-refractivity contribution in [3.63, 3.8) is 0 Å². The van der Waals surface area contributed by atoms with Crippen LogP contribution in [0.2, 0.25) is 0 Å².